The van der Waals surface area contributed by atoms with Gasteiger partial charge in [0.15, 0.2) is 0 Å². The summed E-state index contributed by atoms with van der Waals surface area (Å²) in [7, 11) is 0. The first-order chi connectivity index (χ1) is 31.9. The summed E-state index contributed by atoms with van der Waals surface area (Å²) in [6.07, 6.45) is 5.55. The van der Waals surface area contributed by atoms with Crippen molar-refractivity contribution in [3.63, 3.8) is 0 Å². The summed E-state index contributed by atoms with van der Waals surface area (Å²) in [5.41, 5.74) is 12.0. The fourth-order valence-electron chi connectivity index (χ4n) is 8.70. The molecule has 0 unspecified atom stereocenters. The summed E-state index contributed by atoms with van der Waals surface area (Å²) < 4.78 is 12.9. The van der Waals surface area contributed by atoms with Crippen LogP contribution in [0.1, 0.15) is 26.3 Å². The smallest absolute Gasteiger partial charge is 0.231 e. The Labute approximate surface area is 399 Å². The first-order valence-electron chi connectivity index (χ1n) is 21.8. The number of hydrogen-bond acceptors (Lipinski definition) is 3. The van der Waals surface area contributed by atoms with Gasteiger partial charge in [-0.2, -0.15) is 16.8 Å². The third-order valence-electron chi connectivity index (χ3n) is 11.9. The number of fused-ring (bicyclic) bond motifs is 3. The number of benzene rings is 8. The third kappa shape index (κ3) is 7.95. The monoisotopic (exact) mass is 1030 g/mol. The van der Waals surface area contributed by atoms with E-state index in [9.17, 15) is 0 Å². The largest absolute Gasteiger partial charge is 0.510 e. The maximum atomic E-state index is 6.83. The molecule has 0 saturated carbocycles. The van der Waals surface area contributed by atoms with Crippen LogP contribution in [-0.2, 0) is 26.5 Å². The summed E-state index contributed by atoms with van der Waals surface area (Å²) in [6, 6.07) is 76.1. The van der Waals surface area contributed by atoms with E-state index in [1.807, 2.05) is 60.8 Å². The van der Waals surface area contributed by atoms with E-state index >= 15 is 0 Å². The molecule has 0 bridgehead atoms. The van der Waals surface area contributed by atoms with E-state index in [0.717, 1.165) is 78.1 Å². The average molecular weight is 1030 g/mol. The average Bonchev–Trinajstić information content (AvgIpc) is 3.95. The standard InChI is InChI=1S/C59H43N5O.Pt/c1-59(2,3)45-34-35-60-55(36-45)64-53-33-17-16-30-51(53)56-52(43-24-12-6-13-25-43)38-48(39-54(56)64)65-47-29-18-28-46(37-47)63-40-62(58(61-63)44-26-14-7-15-27-44)57-49(41-20-8-4-9-21-41)31-19-32-50(57)42-22-10-5-11-23-42;/h4-36,38H,1-3H3;/q-2;. The van der Waals surface area contributed by atoms with E-state index in [0.29, 0.717) is 17.2 Å². The van der Waals surface area contributed by atoms with Crippen molar-refractivity contribution in [3.8, 4) is 73.5 Å². The van der Waals surface area contributed by atoms with Crippen molar-refractivity contribution in [3.05, 3.63) is 230 Å². The summed E-state index contributed by atoms with van der Waals surface area (Å²) in [4.78, 5) is 4.94. The predicted molar refractivity (Wildman–Crippen MR) is 261 cm³/mol. The molecule has 11 aromatic rings. The molecule has 8 aromatic carbocycles. The Morgan fingerprint density at radius 2 is 1.12 bits per heavy atom. The maximum Gasteiger partial charge on any atom is 0.231 e. The number of nitrogens with zero attached hydrogens (tertiary/aromatic N) is 5. The van der Waals surface area contributed by atoms with Crippen LogP contribution in [0.25, 0.3) is 83.8 Å². The van der Waals surface area contributed by atoms with Crippen molar-refractivity contribution < 1.29 is 30.4 Å². The van der Waals surface area contributed by atoms with E-state index in [4.69, 9.17) is 14.8 Å². The van der Waals surface area contributed by atoms with Gasteiger partial charge in [0, 0.05) is 55.5 Å². The van der Waals surface area contributed by atoms with Crippen LogP contribution in [0.2, 0.25) is 0 Å². The van der Waals surface area contributed by atoms with Gasteiger partial charge in [-0.3, -0.25) is 0 Å². The van der Waals surface area contributed by atoms with Crippen molar-refractivity contribution in [2.24, 2.45) is 0 Å². The van der Waals surface area contributed by atoms with E-state index in [1.165, 1.54) is 5.56 Å². The second-order valence-corrected chi connectivity index (χ2v) is 17.1. The third-order valence-corrected chi connectivity index (χ3v) is 11.9. The molecule has 3 heterocycles. The van der Waals surface area contributed by atoms with Crippen molar-refractivity contribution in [1.29, 1.82) is 0 Å². The summed E-state index contributed by atoms with van der Waals surface area (Å²) in [5.74, 6) is 2.62. The van der Waals surface area contributed by atoms with Gasteiger partial charge in [-0.15, -0.1) is 29.8 Å². The zero-order chi connectivity index (χ0) is 43.9. The molecule has 0 fully saturated rings. The molecular formula is C59H43N5OPt-2. The molecule has 66 heavy (non-hydrogen) atoms. The van der Waals surface area contributed by atoms with Gasteiger partial charge in [-0.25, -0.2) is 4.98 Å². The molecule has 0 radical (unpaired) electrons. The molecule has 0 spiro atoms. The maximum absolute atomic E-state index is 6.83. The van der Waals surface area contributed by atoms with Gasteiger partial charge < -0.3 is 13.9 Å². The van der Waals surface area contributed by atoms with E-state index < -0.39 is 0 Å². The van der Waals surface area contributed by atoms with Crippen molar-refractivity contribution in [2.75, 3.05) is 0 Å². The number of rotatable bonds is 9. The van der Waals surface area contributed by atoms with Crippen LogP contribution in [0.5, 0.6) is 11.5 Å². The second kappa shape index (κ2) is 17.7. The molecule has 322 valence electrons. The SMILES string of the molecule is CC(C)(C)c1ccnc(-n2c3[c-]c(Oc4[c-]c(-n5[c-][n+](-c6c(-c7ccccc7)cccc6-c6ccccc6)c(-c6ccccc6)n5)ccc4)cc(-c4ccccc4)c3c3ccccc32)c1.[Pt]. The minimum atomic E-state index is -0.0624. The van der Waals surface area contributed by atoms with Crippen molar-refractivity contribution >= 4 is 21.8 Å². The Balaban J connectivity index is 0.00000511. The Morgan fingerprint density at radius 3 is 1.76 bits per heavy atom. The number of pyridine rings is 1. The van der Waals surface area contributed by atoms with Gasteiger partial charge in [0.05, 0.1) is 0 Å². The van der Waals surface area contributed by atoms with Gasteiger partial charge in [0.1, 0.15) is 5.82 Å². The predicted octanol–water partition coefficient (Wildman–Crippen LogP) is 13.8. The van der Waals surface area contributed by atoms with Gasteiger partial charge in [0.25, 0.3) is 0 Å². The minimum Gasteiger partial charge on any atom is -0.510 e. The van der Waals surface area contributed by atoms with E-state index in [2.05, 4.69) is 194 Å². The van der Waals surface area contributed by atoms with Crippen LogP contribution in [0.3, 0.4) is 0 Å². The first kappa shape index (κ1) is 42.3. The molecule has 0 saturated heterocycles. The molecule has 0 atom stereocenters. The van der Waals surface area contributed by atoms with Gasteiger partial charge >= 0.3 is 0 Å². The molecule has 0 N–H and O–H groups in total. The number of para-hydroxylation sites is 2. The topological polar surface area (TPSA) is 48.8 Å². The minimum absolute atomic E-state index is 0. The number of hydrogen-bond donors (Lipinski definition) is 0. The molecule has 3 aromatic heterocycles. The zero-order valence-corrected chi connectivity index (χ0v) is 38.9. The Kier molecular flexibility index (Phi) is 11.4. The van der Waals surface area contributed by atoms with Crippen LogP contribution in [0.15, 0.2) is 206 Å². The quantitative estimate of drug-likeness (QED) is 0.107. The molecule has 0 aliphatic carbocycles. The Bertz CT molecular complexity index is 3430. The number of aromatic nitrogens is 5. The second-order valence-electron chi connectivity index (χ2n) is 17.1. The molecule has 11 rings (SSSR count). The van der Waals surface area contributed by atoms with Gasteiger partial charge in [-0.05, 0) is 73.2 Å². The van der Waals surface area contributed by atoms with Crippen LogP contribution < -0.4 is 9.30 Å². The molecule has 6 nitrogen and oxygen atoms in total. The fourth-order valence-corrected chi connectivity index (χ4v) is 8.70. The molecular weight excluding hydrogens is 990 g/mol. The van der Waals surface area contributed by atoms with E-state index in [1.54, 1.807) is 4.68 Å². The fraction of sp³-hybridized carbons (Fsp3) is 0.0678. The van der Waals surface area contributed by atoms with Crippen LogP contribution in [0.4, 0.5) is 0 Å². The zero-order valence-electron chi connectivity index (χ0n) is 36.6. The normalized spacial score (nSPS) is 11.4. The van der Waals surface area contributed by atoms with Crippen LogP contribution in [0, 0.1) is 18.5 Å². The summed E-state index contributed by atoms with van der Waals surface area (Å²) in [5, 5.41) is 7.44. The molecule has 0 aliphatic heterocycles. The van der Waals surface area contributed by atoms with Crippen molar-refractivity contribution in [1.82, 2.24) is 19.3 Å². The Hall–Kier alpha value is -7.66. The first-order valence-corrected chi connectivity index (χ1v) is 21.8. The summed E-state index contributed by atoms with van der Waals surface area (Å²) in [6.45, 7) is 6.67. The van der Waals surface area contributed by atoms with E-state index in [-0.39, 0.29) is 26.5 Å². The molecule has 0 aliphatic rings. The van der Waals surface area contributed by atoms with Gasteiger partial charge in [-0.1, -0.05) is 189 Å². The Morgan fingerprint density at radius 1 is 0.545 bits per heavy atom. The molecule has 0 amide bonds. The summed E-state index contributed by atoms with van der Waals surface area (Å²) >= 11 is 0. The molecule has 7 heteroatoms. The van der Waals surface area contributed by atoms with Gasteiger partial charge in [0.2, 0.25) is 12.2 Å². The van der Waals surface area contributed by atoms with Crippen LogP contribution in [-0.4, -0.2) is 19.3 Å². The van der Waals surface area contributed by atoms with Crippen molar-refractivity contribution in [2.45, 2.75) is 26.2 Å². The number of ether oxygens (including phenoxy) is 1. The van der Waals surface area contributed by atoms with Crippen LogP contribution >= 0.6 is 0 Å².